The monoisotopic (exact) mass is 1100 g/mol. The Kier molecular flexibility index (Phi) is 72.0. The minimum atomic E-state index is 0.488. The predicted molar refractivity (Wildman–Crippen MR) is 273 cm³/mol. The van der Waals surface area contributed by atoms with E-state index in [1.165, 1.54) is 0 Å². The van der Waals surface area contributed by atoms with Gasteiger partial charge in [0.2, 0.25) is 0 Å². The Morgan fingerprint density at radius 1 is 0.0933 bits per heavy atom. The van der Waals surface area contributed by atoms with E-state index in [0.717, 1.165) is 0 Å². The summed E-state index contributed by atoms with van der Waals surface area (Å²) in [6.45, 7) is 24.4. The van der Waals surface area contributed by atoms with Crippen molar-refractivity contribution in [3.63, 3.8) is 0 Å². The van der Waals surface area contributed by atoms with Crippen LogP contribution in [0.25, 0.3) is 0 Å². The lowest BCUT2D eigenvalue weighted by Crippen LogP contribution is -2.16. The fourth-order valence-electron chi connectivity index (χ4n) is 5.22. The number of methoxy groups -OCH3 is 2. The van der Waals surface area contributed by atoms with Gasteiger partial charge in [0.05, 0.1) is 317 Å². The van der Waals surface area contributed by atoms with E-state index in [0.29, 0.717) is 317 Å². The van der Waals surface area contributed by atoms with Crippen LogP contribution in [0.2, 0.25) is 0 Å². The molecule has 0 aliphatic heterocycles. The Hall–Kier alpha value is -1.00. The normalized spacial score (nSPS) is 11.8. The van der Waals surface area contributed by atoms with Crippen LogP contribution >= 0.6 is 0 Å². The van der Waals surface area contributed by atoms with Crippen molar-refractivity contribution < 1.29 is 118 Å². The van der Waals surface area contributed by atoms with E-state index in [1.54, 1.807) is 14.2 Å². The third-order valence-electron chi connectivity index (χ3n) is 9.05. The van der Waals surface area contributed by atoms with Crippen LogP contribution in [0.1, 0.15) is 0 Å². The first kappa shape index (κ1) is 74.0. The lowest BCUT2D eigenvalue weighted by atomic mass is 10.6. The van der Waals surface area contributed by atoms with Gasteiger partial charge in [-0.15, -0.1) is 0 Å². The lowest BCUT2D eigenvalue weighted by molar-refractivity contribution is -0.0320. The van der Waals surface area contributed by atoms with E-state index < -0.39 is 0 Å². The van der Waals surface area contributed by atoms with E-state index in [4.69, 9.17) is 118 Å². The van der Waals surface area contributed by atoms with Gasteiger partial charge in [0.25, 0.3) is 0 Å². The summed E-state index contributed by atoms with van der Waals surface area (Å²) >= 11 is 0. The summed E-state index contributed by atoms with van der Waals surface area (Å²) < 4.78 is 136. The molecule has 0 fully saturated rings. The van der Waals surface area contributed by atoms with E-state index in [9.17, 15) is 0 Å². The molecule has 0 aromatic rings. The van der Waals surface area contributed by atoms with Crippen LogP contribution in [0.5, 0.6) is 0 Å². The first-order valence-electron chi connectivity index (χ1n) is 26.7. The molecule has 0 bridgehead atoms. The molecule has 0 radical (unpaired) electrons. The molecule has 0 saturated heterocycles. The van der Waals surface area contributed by atoms with Crippen molar-refractivity contribution in [3.8, 4) is 0 Å². The molecule has 0 N–H and O–H groups in total. The molecule has 75 heavy (non-hydrogen) atoms. The third kappa shape index (κ3) is 73.0. The Morgan fingerprint density at radius 3 is 0.200 bits per heavy atom. The molecule has 0 saturated carbocycles. The molecular weight excluding hydrogens is 1000 g/mol. The van der Waals surface area contributed by atoms with Crippen LogP contribution in [0.15, 0.2) is 0 Å². The van der Waals surface area contributed by atoms with Crippen molar-refractivity contribution in [2.75, 3.05) is 331 Å². The lowest BCUT2D eigenvalue weighted by Gasteiger charge is -2.09. The van der Waals surface area contributed by atoms with Crippen molar-refractivity contribution in [2.24, 2.45) is 0 Å². The molecule has 0 atom stereocenters. The number of rotatable bonds is 72. The number of ether oxygens (including phenoxy) is 25. The van der Waals surface area contributed by atoms with Crippen LogP contribution in [0.4, 0.5) is 0 Å². The largest absolute Gasteiger partial charge is 0.382 e. The minimum Gasteiger partial charge on any atom is -0.382 e. The number of hydrogen-bond donors (Lipinski definition) is 0. The molecule has 0 unspecified atom stereocenters. The molecule has 0 spiro atoms. The highest BCUT2D eigenvalue weighted by Crippen LogP contribution is 1.91. The maximum Gasteiger partial charge on any atom is 0.0701 e. The van der Waals surface area contributed by atoms with E-state index >= 15 is 0 Å². The van der Waals surface area contributed by atoms with E-state index in [-0.39, 0.29) is 0 Å². The predicted octanol–water partition coefficient (Wildman–Crippen LogP) is 0.661. The zero-order chi connectivity index (χ0) is 53.6. The average molecular weight is 1100 g/mol. The summed E-state index contributed by atoms with van der Waals surface area (Å²) in [6, 6.07) is 0. The fraction of sp³-hybridized carbons (Fsp3) is 1.00. The van der Waals surface area contributed by atoms with Crippen LogP contribution in [-0.4, -0.2) is 331 Å². The highest BCUT2D eigenvalue weighted by molar-refractivity contribution is 4.43. The van der Waals surface area contributed by atoms with Gasteiger partial charge in [-0.3, -0.25) is 0 Å². The van der Waals surface area contributed by atoms with Gasteiger partial charge in [0.15, 0.2) is 0 Å². The standard InChI is InChI=1S/C50H102O25/c1-51-3-5-53-7-9-55-11-13-57-15-17-59-19-21-61-23-25-63-27-29-65-31-33-67-35-37-69-39-41-71-43-45-73-47-49-75-50-48-74-46-44-72-42-40-70-38-36-68-34-32-66-30-28-64-26-24-62-22-20-60-18-16-58-14-12-56-10-8-54-6-4-52-2/h3-50H2,1-2H3. The highest BCUT2D eigenvalue weighted by Gasteiger charge is 2.00. The Labute approximate surface area is 448 Å². The molecule has 25 heteroatoms. The van der Waals surface area contributed by atoms with Gasteiger partial charge in [0, 0.05) is 14.2 Å². The molecule has 0 aliphatic carbocycles. The van der Waals surface area contributed by atoms with Gasteiger partial charge in [-0.2, -0.15) is 0 Å². The summed E-state index contributed by atoms with van der Waals surface area (Å²) in [5.74, 6) is 0. The zero-order valence-electron chi connectivity index (χ0n) is 46.1. The minimum absolute atomic E-state index is 0.488. The first-order chi connectivity index (χ1) is 37.4. The summed E-state index contributed by atoms with van der Waals surface area (Å²) in [7, 11) is 3.29. The van der Waals surface area contributed by atoms with Gasteiger partial charge >= 0.3 is 0 Å². The summed E-state index contributed by atoms with van der Waals surface area (Å²) in [5.41, 5.74) is 0. The highest BCUT2D eigenvalue weighted by atomic mass is 16.6. The Balaban J connectivity index is 3.07. The molecule has 25 nitrogen and oxygen atoms in total. The Morgan fingerprint density at radius 2 is 0.147 bits per heavy atom. The second kappa shape index (κ2) is 73.0. The van der Waals surface area contributed by atoms with Crippen molar-refractivity contribution >= 4 is 0 Å². The molecule has 0 rings (SSSR count). The zero-order valence-corrected chi connectivity index (χ0v) is 46.1. The molecule has 0 aliphatic rings. The van der Waals surface area contributed by atoms with Crippen LogP contribution in [0.3, 0.4) is 0 Å². The maximum absolute atomic E-state index is 5.52. The molecule has 0 aromatic carbocycles. The molecule has 0 aromatic heterocycles. The van der Waals surface area contributed by atoms with Crippen molar-refractivity contribution in [1.29, 1.82) is 0 Å². The smallest absolute Gasteiger partial charge is 0.0701 e. The fourth-order valence-corrected chi connectivity index (χ4v) is 5.22. The van der Waals surface area contributed by atoms with Crippen molar-refractivity contribution in [2.45, 2.75) is 0 Å². The van der Waals surface area contributed by atoms with Gasteiger partial charge < -0.3 is 118 Å². The topological polar surface area (TPSA) is 231 Å². The summed E-state index contributed by atoms with van der Waals surface area (Å²) in [5, 5.41) is 0. The Bertz CT molecular complexity index is 901. The van der Waals surface area contributed by atoms with Crippen LogP contribution in [0, 0.1) is 0 Å². The SMILES string of the molecule is COCCOCCOCCOCCOCCOCCOCCOCCOCCOCCOCCOCCOCCOCCOCCOCCOCCOCCOCCOCCOCCOCCOCCOCCOC. The van der Waals surface area contributed by atoms with Crippen LogP contribution < -0.4 is 0 Å². The van der Waals surface area contributed by atoms with E-state index in [2.05, 4.69) is 0 Å². The quantitative estimate of drug-likeness (QED) is 0.0762. The van der Waals surface area contributed by atoms with Gasteiger partial charge in [-0.25, -0.2) is 0 Å². The van der Waals surface area contributed by atoms with Crippen molar-refractivity contribution in [3.05, 3.63) is 0 Å². The first-order valence-corrected chi connectivity index (χ1v) is 26.7. The summed E-state index contributed by atoms with van der Waals surface area (Å²) in [6.07, 6.45) is 0. The van der Waals surface area contributed by atoms with Gasteiger partial charge in [0.1, 0.15) is 0 Å². The van der Waals surface area contributed by atoms with Crippen LogP contribution in [-0.2, 0) is 118 Å². The molecule has 0 amide bonds. The maximum atomic E-state index is 5.52. The third-order valence-corrected chi connectivity index (χ3v) is 9.05. The summed E-state index contributed by atoms with van der Waals surface area (Å²) in [4.78, 5) is 0. The molecule has 0 heterocycles. The van der Waals surface area contributed by atoms with Gasteiger partial charge in [-0.1, -0.05) is 0 Å². The molecule has 452 valence electrons. The second-order valence-electron chi connectivity index (χ2n) is 15.1. The second-order valence-corrected chi connectivity index (χ2v) is 15.1. The van der Waals surface area contributed by atoms with Gasteiger partial charge in [-0.05, 0) is 0 Å². The molecular formula is C50H102O25. The number of hydrogen-bond acceptors (Lipinski definition) is 25. The average Bonchev–Trinajstić information content (AvgIpc) is 3.42. The van der Waals surface area contributed by atoms with Crippen molar-refractivity contribution in [1.82, 2.24) is 0 Å². The van der Waals surface area contributed by atoms with E-state index in [1.807, 2.05) is 0 Å².